The van der Waals surface area contributed by atoms with Gasteiger partial charge in [-0.05, 0) is 18.6 Å². The Morgan fingerprint density at radius 1 is 1.50 bits per heavy atom. The number of imidazole rings is 1. The van der Waals surface area contributed by atoms with Gasteiger partial charge in [0.15, 0.2) is 0 Å². The van der Waals surface area contributed by atoms with E-state index in [2.05, 4.69) is 4.98 Å². The number of rotatable bonds is 2. The van der Waals surface area contributed by atoms with Crippen molar-refractivity contribution in [3.05, 3.63) is 34.2 Å². The highest BCUT2D eigenvalue weighted by Gasteiger charge is 2.06. The summed E-state index contributed by atoms with van der Waals surface area (Å²) in [4.78, 5) is 14.3. The summed E-state index contributed by atoms with van der Waals surface area (Å²) in [6.45, 7) is 3.02. The molecule has 0 unspecified atom stereocenters. The molecule has 1 aromatic heterocycles. The zero-order valence-corrected chi connectivity index (χ0v) is 8.08. The predicted octanol–water partition coefficient (Wildman–Crippen LogP) is 0.597. The zero-order chi connectivity index (χ0) is 10.1. The molecule has 2 aromatic rings. The van der Waals surface area contributed by atoms with Crippen LogP contribution >= 0.6 is 0 Å². The molecule has 14 heavy (non-hydrogen) atoms. The van der Waals surface area contributed by atoms with E-state index in [-0.39, 0.29) is 5.69 Å². The quantitative estimate of drug-likeness (QED) is 0.730. The number of benzene rings is 1. The molecule has 0 saturated carbocycles. The lowest BCUT2D eigenvalue weighted by molar-refractivity contribution is 0.701. The van der Waals surface area contributed by atoms with Gasteiger partial charge in [-0.25, -0.2) is 4.79 Å². The molecule has 0 atom stereocenters. The highest BCUT2D eigenvalue weighted by Crippen LogP contribution is 2.14. The monoisotopic (exact) mass is 191 g/mol. The molecule has 1 heterocycles. The van der Waals surface area contributed by atoms with Crippen molar-refractivity contribution < 1.29 is 0 Å². The maximum absolute atomic E-state index is 11.5. The van der Waals surface area contributed by atoms with E-state index >= 15 is 0 Å². The topological polar surface area (TPSA) is 63.8 Å². The second-order valence-electron chi connectivity index (χ2n) is 3.34. The number of nitrogens with two attached hydrogens (primary N) is 1. The number of aromatic amines is 1. The van der Waals surface area contributed by atoms with Gasteiger partial charge < -0.3 is 10.7 Å². The first-order valence-electron chi connectivity index (χ1n) is 4.62. The van der Waals surface area contributed by atoms with Gasteiger partial charge in [0.05, 0.1) is 11.0 Å². The number of nitrogens with one attached hydrogen (secondary N) is 1. The number of hydrogen-bond acceptors (Lipinski definition) is 2. The van der Waals surface area contributed by atoms with Gasteiger partial charge in [-0.3, -0.25) is 4.57 Å². The van der Waals surface area contributed by atoms with Crippen molar-refractivity contribution in [2.24, 2.45) is 5.73 Å². The first-order chi connectivity index (χ1) is 6.74. The van der Waals surface area contributed by atoms with Crippen LogP contribution in [0.15, 0.2) is 23.0 Å². The lowest BCUT2D eigenvalue weighted by atomic mass is 10.2. The molecule has 0 radical (unpaired) electrons. The minimum Gasteiger partial charge on any atom is -0.329 e. The van der Waals surface area contributed by atoms with Crippen LogP contribution in [0.2, 0.25) is 0 Å². The van der Waals surface area contributed by atoms with Crippen LogP contribution < -0.4 is 11.4 Å². The summed E-state index contributed by atoms with van der Waals surface area (Å²) in [5.74, 6) is 0. The van der Waals surface area contributed by atoms with Gasteiger partial charge in [0.25, 0.3) is 0 Å². The molecule has 0 aliphatic rings. The van der Waals surface area contributed by atoms with Gasteiger partial charge >= 0.3 is 5.69 Å². The molecule has 74 valence electrons. The van der Waals surface area contributed by atoms with Crippen molar-refractivity contribution >= 4 is 11.0 Å². The van der Waals surface area contributed by atoms with Gasteiger partial charge in [-0.2, -0.15) is 0 Å². The van der Waals surface area contributed by atoms with Crippen LogP contribution in [0.4, 0.5) is 0 Å². The van der Waals surface area contributed by atoms with E-state index in [0.717, 1.165) is 16.6 Å². The van der Waals surface area contributed by atoms with Gasteiger partial charge in [0.2, 0.25) is 0 Å². The van der Waals surface area contributed by atoms with E-state index in [1.165, 1.54) is 0 Å². The van der Waals surface area contributed by atoms with E-state index < -0.39 is 0 Å². The fourth-order valence-electron chi connectivity index (χ4n) is 1.74. The molecule has 0 bridgehead atoms. The number of aromatic nitrogens is 2. The molecule has 4 nitrogen and oxygen atoms in total. The van der Waals surface area contributed by atoms with Crippen LogP contribution in [-0.2, 0) is 6.54 Å². The summed E-state index contributed by atoms with van der Waals surface area (Å²) in [7, 11) is 0. The third-order valence-corrected chi connectivity index (χ3v) is 2.35. The van der Waals surface area contributed by atoms with Crippen molar-refractivity contribution in [2.75, 3.05) is 6.54 Å². The Morgan fingerprint density at radius 3 is 3.00 bits per heavy atom. The lowest BCUT2D eigenvalue weighted by Gasteiger charge is -2.02. The molecule has 1 aromatic carbocycles. The molecule has 0 saturated heterocycles. The summed E-state index contributed by atoms with van der Waals surface area (Å²) >= 11 is 0. The van der Waals surface area contributed by atoms with Crippen molar-refractivity contribution in [2.45, 2.75) is 13.5 Å². The summed E-state index contributed by atoms with van der Waals surface area (Å²) in [5, 5.41) is 0. The van der Waals surface area contributed by atoms with Crippen LogP contribution in [0.25, 0.3) is 11.0 Å². The van der Waals surface area contributed by atoms with Crippen molar-refractivity contribution in [3.8, 4) is 0 Å². The number of hydrogen-bond donors (Lipinski definition) is 2. The fourth-order valence-corrected chi connectivity index (χ4v) is 1.74. The Balaban J connectivity index is 2.79. The number of aryl methyl sites for hydroxylation is 1. The largest absolute Gasteiger partial charge is 0.329 e. The normalized spacial score (nSPS) is 11.0. The Bertz CT molecular complexity index is 510. The van der Waals surface area contributed by atoms with Gasteiger partial charge in [-0.15, -0.1) is 0 Å². The van der Waals surface area contributed by atoms with Crippen LogP contribution in [0.1, 0.15) is 5.56 Å². The first-order valence-corrected chi connectivity index (χ1v) is 4.62. The smallest absolute Gasteiger partial charge is 0.326 e. The van der Waals surface area contributed by atoms with Gasteiger partial charge in [0.1, 0.15) is 0 Å². The maximum atomic E-state index is 11.5. The molecule has 0 fully saturated rings. The Hall–Kier alpha value is -1.55. The van der Waals surface area contributed by atoms with Crippen LogP contribution in [0.3, 0.4) is 0 Å². The summed E-state index contributed by atoms with van der Waals surface area (Å²) in [5.41, 5.74) is 8.30. The Morgan fingerprint density at radius 2 is 2.29 bits per heavy atom. The highest BCUT2D eigenvalue weighted by atomic mass is 16.1. The molecule has 3 N–H and O–H groups in total. The Labute approximate surface area is 81.3 Å². The third kappa shape index (κ3) is 1.24. The zero-order valence-electron chi connectivity index (χ0n) is 8.08. The summed E-state index contributed by atoms with van der Waals surface area (Å²) in [6, 6.07) is 5.82. The average molecular weight is 191 g/mol. The Kier molecular flexibility index (Phi) is 2.13. The van der Waals surface area contributed by atoms with E-state index in [9.17, 15) is 4.79 Å². The van der Waals surface area contributed by atoms with Crippen LogP contribution in [-0.4, -0.2) is 16.1 Å². The number of H-pyrrole nitrogens is 1. The van der Waals surface area contributed by atoms with E-state index in [1.54, 1.807) is 4.57 Å². The van der Waals surface area contributed by atoms with Gasteiger partial charge in [-0.1, -0.05) is 12.1 Å². The van der Waals surface area contributed by atoms with Crippen molar-refractivity contribution in [3.63, 3.8) is 0 Å². The molecule has 0 aliphatic heterocycles. The molecule has 0 spiro atoms. The van der Waals surface area contributed by atoms with Crippen molar-refractivity contribution in [1.82, 2.24) is 9.55 Å². The first kappa shape index (κ1) is 9.02. The second kappa shape index (κ2) is 3.31. The number of para-hydroxylation sites is 1. The lowest BCUT2D eigenvalue weighted by Crippen LogP contribution is -2.21. The minimum absolute atomic E-state index is 0.0836. The van der Waals surface area contributed by atoms with Crippen LogP contribution in [0, 0.1) is 6.92 Å². The second-order valence-corrected chi connectivity index (χ2v) is 3.34. The summed E-state index contributed by atoms with van der Waals surface area (Å²) in [6.07, 6.45) is 0. The molecule has 2 rings (SSSR count). The summed E-state index contributed by atoms with van der Waals surface area (Å²) < 4.78 is 1.69. The SMILES string of the molecule is Cc1cccc2[nH]c(=O)n(CCN)c12. The third-order valence-electron chi connectivity index (χ3n) is 2.35. The number of fused-ring (bicyclic) bond motifs is 1. The molecule has 0 amide bonds. The average Bonchev–Trinajstić information content (AvgIpc) is 2.45. The number of nitrogens with zero attached hydrogens (tertiary/aromatic N) is 1. The van der Waals surface area contributed by atoms with E-state index in [1.807, 2.05) is 25.1 Å². The van der Waals surface area contributed by atoms with E-state index in [0.29, 0.717) is 13.1 Å². The molecular weight excluding hydrogens is 178 g/mol. The molecule has 0 aliphatic carbocycles. The predicted molar refractivity (Wildman–Crippen MR) is 56.4 cm³/mol. The fraction of sp³-hybridized carbons (Fsp3) is 0.300. The standard InChI is InChI=1S/C10H13N3O/c1-7-3-2-4-8-9(7)13(6-5-11)10(14)12-8/h2-4H,5-6,11H2,1H3,(H,12,14). The highest BCUT2D eigenvalue weighted by molar-refractivity contribution is 5.78. The van der Waals surface area contributed by atoms with Crippen LogP contribution in [0.5, 0.6) is 0 Å². The maximum Gasteiger partial charge on any atom is 0.326 e. The van der Waals surface area contributed by atoms with Gasteiger partial charge in [0, 0.05) is 13.1 Å². The van der Waals surface area contributed by atoms with E-state index in [4.69, 9.17) is 5.73 Å². The van der Waals surface area contributed by atoms with Crippen molar-refractivity contribution in [1.29, 1.82) is 0 Å². The molecular formula is C10H13N3O. The minimum atomic E-state index is -0.0836. The molecule has 4 heteroatoms.